The van der Waals surface area contributed by atoms with Crippen LogP contribution in [0.1, 0.15) is 72.1 Å². The zero-order valence-corrected chi connectivity index (χ0v) is 20.0. The summed E-state index contributed by atoms with van der Waals surface area (Å²) < 4.78 is 0. The van der Waals surface area contributed by atoms with E-state index in [2.05, 4.69) is 30.4 Å². The predicted molar refractivity (Wildman–Crippen MR) is 122 cm³/mol. The fourth-order valence-corrected chi connectivity index (χ4v) is 7.48. The second-order valence-electron chi connectivity index (χ2n) is 11.3. The summed E-state index contributed by atoms with van der Waals surface area (Å²) in [6.07, 6.45) is 10.4. The van der Waals surface area contributed by atoms with Crippen molar-refractivity contribution in [1.29, 1.82) is 0 Å². The van der Waals surface area contributed by atoms with Gasteiger partial charge in [-0.1, -0.05) is 24.6 Å². The quantitative estimate of drug-likeness (QED) is 0.449. The molecule has 7 atom stereocenters. The van der Waals surface area contributed by atoms with Crippen LogP contribution >= 0.6 is 0 Å². The smallest absolute Gasteiger partial charge is 0.328 e. The van der Waals surface area contributed by atoms with Crippen LogP contribution < -0.4 is 5.32 Å². The molecular formula is C25H38N2O6. The molecule has 1 amide bonds. The van der Waals surface area contributed by atoms with E-state index in [1.54, 1.807) is 0 Å². The van der Waals surface area contributed by atoms with Crippen LogP contribution in [0, 0.1) is 28.6 Å². The van der Waals surface area contributed by atoms with Crippen molar-refractivity contribution in [2.24, 2.45) is 33.7 Å². The van der Waals surface area contributed by atoms with Crippen molar-refractivity contribution in [3.63, 3.8) is 0 Å². The number of aliphatic hydroxyl groups is 2. The van der Waals surface area contributed by atoms with Crippen molar-refractivity contribution >= 4 is 17.6 Å². The van der Waals surface area contributed by atoms with Crippen LogP contribution in [0.4, 0.5) is 0 Å². The molecular weight excluding hydrogens is 424 g/mol. The Bertz CT molecular complexity index is 867. The van der Waals surface area contributed by atoms with E-state index in [1.165, 1.54) is 5.57 Å². The average Bonchev–Trinajstić information content (AvgIpc) is 3.01. The van der Waals surface area contributed by atoms with Gasteiger partial charge in [-0.2, -0.15) is 0 Å². The molecule has 0 spiro atoms. The number of carboxylic acid groups (broad SMARTS) is 1. The summed E-state index contributed by atoms with van der Waals surface area (Å²) in [5.41, 5.74) is 1.84. The summed E-state index contributed by atoms with van der Waals surface area (Å²) in [5.74, 6) is -0.0492. The molecule has 0 aromatic rings. The first-order valence-corrected chi connectivity index (χ1v) is 12.3. The molecule has 33 heavy (non-hydrogen) atoms. The lowest BCUT2D eigenvalue weighted by Gasteiger charge is -2.59. The number of aliphatic hydroxyl groups excluding tert-OH is 1. The van der Waals surface area contributed by atoms with Crippen molar-refractivity contribution in [1.82, 2.24) is 5.32 Å². The summed E-state index contributed by atoms with van der Waals surface area (Å²) in [5, 5.41) is 35.3. The fraction of sp³-hybridized carbons (Fsp3) is 0.800. The number of amides is 1. The molecule has 4 N–H and O–H groups in total. The highest BCUT2D eigenvalue weighted by Crippen LogP contribution is 2.67. The number of rotatable bonds is 6. The number of hydrogen-bond acceptors (Lipinski definition) is 6. The van der Waals surface area contributed by atoms with Crippen molar-refractivity contribution in [3.8, 4) is 0 Å². The standard InChI is InChI=1S/C25H38N2O6/c1-23-9-6-16(27-33-14-21(29)26-20(13-28)22(30)31)12-15(23)4-5-17-18(23)7-10-24(2)19(17)8-11-25(24,3)32/h12,17-20,28,32H,4-11,13-14H2,1-3H3,(H,26,29)(H,30,31)/b27-16+/t17-,18+,19+,20?,23+,24+,25+/m1/s1. The molecule has 0 aliphatic heterocycles. The number of fused-ring (bicyclic) bond motifs is 5. The molecule has 3 fully saturated rings. The molecule has 4 rings (SSSR count). The summed E-state index contributed by atoms with van der Waals surface area (Å²) in [4.78, 5) is 27.9. The minimum atomic E-state index is -1.35. The van der Waals surface area contributed by atoms with Gasteiger partial charge in [0.25, 0.3) is 5.91 Å². The number of nitrogens with one attached hydrogen (secondary N) is 1. The van der Waals surface area contributed by atoms with E-state index in [0.29, 0.717) is 17.8 Å². The number of carbonyl (C=O) groups is 2. The van der Waals surface area contributed by atoms with Crippen LogP contribution in [0.2, 0.25) is 0 Å². The number of carboxylic acids is 1. The van der Waals surface area contributed by atoms with E-state index < -0.39 is 36.7 Å². The van der Waals surface area contributed by atoms with Crippen LogP contribution in [0.5, 0.6) is 0 Å². The monoisotopic (exact) mass is 462 g/mol. The maximum atomic E-state index is 11.8. The fourth-order valence-electron chi connectivity index (χ4n) is 7.48. The predicted octanol–water partition coefficient (Wildman–Crippen LogP) is 2.63. The molecule has 4 aliphatic rings. The number of nitrogens with zero attached hydrogens (tertiary/aromatic N) is 1. The summed E-state index contributed by atoms with van der Waals surface area (Å²) in [6.45, 7) is 5.68. The molecule has 184 valence electrons. The number of hydrogen-bond donors (Lipinski definition) is 4. The SMILES string of the molecule is C[C@]12CC/C(=N\OCC(=O)NC(CO)C(=O)O)C=C1CC[C@@H]1[C@@H]2CC[C@@]2(C)[C@H]1CC[C@]2(C)O. The van der Waals surface area contributed by atoms with Crippen molar-refractivity contribution in [2.75, 3.05) is 13.2 Å². The highest BCUT2D eigenvalue weighted by atomic mass is 16.6. The van der Waals surface area contributed by atoms with Gasteiger partial charge in [-0.15, -0.1) is 0 Å². The Morgan fingerprint density at radius 3 is 2.58 bits per heavy atom. The van der Waals surface area contributed by atoms with Gasteiger partial charge in [0, 0.05) is 0 Å². The third kappa shape index (κ3) is 4.09. The molecule has 0 saturated heterocycles. The van der Waals surface area contributed by atoms with Gasteiger partial charge in [0.1, 0.15) is 6.04 Å². The van der Waals surface area contributed by atoms with Gasteiger partial charge in [0.2, 0.25) is 0 Å². The van der Waals surface area contributed by atoms with E-state index in [1.807, 2.05) is 6.92 Å². The topological polar surface area (TPSA) is 128 Å². The van der Waals surface area contributed by atoms with Gasteiger partial charge in [0.15, 0.2) is 6.61 Å². The first-order valence-electron chi connectivity index (χ1n) is 12.3. The maximum Gasteiger partial charge on any atom is 0.328 e. The zero-order chi connectivity index (χ0) is 24.0. The Morgan fingerprint density at radius 2 is 1.88 bits per heavy atom. The minimum absolute atomic E-state index is 0.0249. The summed E-state index contributed by atoms with van der Waals surface area (Å²) in [7, 11) is 0. The number of oxime groups is 1. The van der Waals surface area contributed by atoms with E-state index in [0.717, 1.165) is 57.1 Å². The minimum Gasteiger partial charge on any atom is -0.480 e. The lowest BCUT2D eigenvalue weighted by molar-refractivity contribution is -0.143. The van der Waals surface area contributed by atoms with Gasteiger partial charge in [-0.05, 0) is 93.0 Å². The second-order valence-corrected chi connectivity index (χ2v) is 11.3. The van der Waals surface area contributed by atoms with Crippen molar-refractivity contribution in [2.45, 2.75) is 83.8 Å². The third-order valence-electron chi connectivity index (χ3n) is 9.73. The largest absolute Gasteiger partial charge is 0.480 e. The Morgan fingerprint density at radius 1 is 1.15 bits per heavy atom. The third-order valence-corrected chi connectivity index (χ3v) is 9.73. The molecule has 0 heterocycles. The highest BCUT2D eigenvalue weighted by molar-refractivity contribution is 5.96. The van der Waals surface area contributed by atoms with E-state index >= 15 is 0 Å². The maximum absolute atomic E-state index is 11.8. The molecule has 0 bridgehead atoms. The lowest BCUT2D eigenvalue weighted by atomic mass is 9.46. The number of carbonyl (C=O) groups excluding carboxylic acids is 1. The molecule has 0 aromatic heterocycles. The summed E-state index contributed by atoms with van der Waals surface area (Å²) >= 11 is 0. The molecule has 8 heteroatoms. The molecule has 0 aromatic carbocycles. The van der Waals surface area contributed by atoms with Crippen LogP contribution in [-0.2, 0) is 14.4 Å². The van der Waals surface area contributed by atoms with Gasteiger partial charge in [-0.3, -0.25) is 4.79 Å². The molecule has 4 aliphatic carbocycles. The van der Waals surface area contributed by atoms with Gasteiger partial charge < -0.3 is 25.5 Å². The second kappa shape index (κ2) is 8.69. The van der Waals surface area contributed by atoms with Crippen molar-refractivity contribution < 1.29 is 29.7 Å². The highest BCUT2D eigenvalue weighted by Gasteiger charge is 2.62. The van der Waals surface area contributed by atoms with Crippen LogP contribution in [0.25, 0.3) is 0 Å². The molecule has 0 radical (unpaired) electrons. The normalized spacial score (nSPS) is 41.9. The van der Waals surface area contributed by atoms with Crippen LogP contribution in [0.15, 0.2) is 16.8 Å². The lowest BCUT2D eigenvalue weighted by Crippen LogP contribution is -2.53. The van der Waals surface area contributed by atoms with E-state index in [-0.39, 0.29) is 10.8 Å². The first kappa shape index (κ1) is 24.2. The van der Waals surface area contributed by atoms with Crippen LogP contribution in [0.3, 0.4) is 0 Å². The van der Waals surface area contributed by atoms with Crippen molar-refractivity contribution in [3.05, 3.63) is 11.6 Å². The Hall–Kier alpha value is -1.93. The van der Waals surface area contributed by atoms with E-state index in [9.17, 15) is 14.7 Å². The van der Waals surface area contributed by atoms with Gasteiger partial charge in [0.05, 0.1) is 17.9 Å². The van der Waals surface area contributed by atoms with Gasteiger partial charge >= 0.3 is 5.97 Å². The molecule has 3 saturated carbocycles. The van der Waals surface area contributed by atoms with Crippen LogP contribution in [-0.4, -0.2) is 57.8 Å². The zero-order valence-electron chi connectivity index (χ0n) is 20.0. The molecule has 1 unspecified atom stereocenters. The summed E-state index contributed by atoms with van der Waals surface area (Å²) in [6, 6.07) is -1.35. The first-order chi connectivity index (χ1) is 15.5. The van der Waals surface area contributed by atoms with E-state index in [4.69, 9.17) is 15.1 Å². The Labute approximate surface area is 195 Å². The Kier molecular flexibility index (Phi) is 6.37. The molecule has 8 nitrogen and oxygen atoms in total. The Balaban J connectivity index is 1.41. The average molecular weight is 463 g/mol. The van der Waals surface area contributed by atoms with Gasteiger partial charge in [-0.25, -0.2) is 4.79 Å². The number of aliphatic carboxylic acids is 1. The number of allylic oxidation sites excluding steroid dienone is 2.